The molecular formula is C25H24N2O6S2. The molecule has 0 unspecified atom stereocenters. The van der Waals surface area contributed by atoms with Crippen molar-refractivity contribution >= 4 is 30.8 Å². The molecule has 0 spiro atoms. The summed E-state index contributed by atoms with van der Waals surface area (Å²) < 4.78 is 64.0. The lowest BCUT2D eigenvalue weighted by Gasteiger charge is -2.10. The van der Waals surface area contributed by atoms with E-state index in [0.717, 1.165) is 16.7 Å². The summed E-state index contributed by atoms with van der Waals surface area (Å²) >= 11 is 0. The van der Waals surface area contributed by atoms with Crippen molar-refractivity contribution in [2.24, 2.45) is 5.10 Å². The van der Waals surface area contributed by atoms with Crippen molar-refractivity contribution in [3.8, 4) is 5.75 Å². The molecule has 8 nitrogen and oxygen atoms in total. The van der Waals surface area contributed by atoms with Crippen LogP contribution in [0.2, 0.25) is 0 Å². The number of rotatable bonds is 6. The fraction of sp³-hybridized carbons (Fsp3) is 0.160. The quantitative estimate of drug-likeness (QED) is 0.391. The van der Waals surface area contributed by atoms with Gasteiger partial charge in [0.05, 0.1) is 16.9 Å². The van der Waals surface area contributed by atoms with E-state index in [4.69, 9.17) is 9.15 Å². The molecule has 0 aliphatic carbocycles. The zero-order valence-electron chi connectivity index (χ0n) is 19.6. The van der Waals surface area contributed by atoms with E-state index in [2.05, 4.69) is 9.93 Å². The van der Waals surface area contributed by atoms with Gasteiger partial charge in [0, 0.05) is 5.39 Å². The summed E-state index contributed by atoms with van der Waals surface area (Å²) in [5, 5.41) is 4.35. The number of aryl methyl sites for hydroxylation is 3. The molecular weight excluding hydrogens is 488 g/mol. The summed E-state index contributed by atoms with van der Waals surface area (Å²) in [6.07, 6.45) is 0. The zero-order chi connectivity index (χ0) is 25.4. The smallest absolute Gasteiger partial charge is 0.276 e. The van der Waals surface area contributed by atoms with Crippen LogP contribution in [-0.2, 0) is 19.9 Å². The number of nitrogens with one attached hydrogen (secondary N) is 1. The van der Waals surface area contributed by atoms with Gasteiger partial charge in [0.25, 0.3) is 15.6 Å². The Kier molecular flexibility index (Phi) is 6.44. The Morgan fingerprint density at radius 2 is 1.51 bits per heavy atom. The second-order valence-corrected chi connectivity index (χ2v) is 11.6. The molecule has 3 aromatic carbocycles. The van der Waals surface area contributed by atoms with E-state index < -0.39 is 25.4 Å². The van der Waals surface area contributed by atoms with Gasteiger partial charge in [-0.05, 0) is 68.3 Å². The standard InChI is InChI=1S/C25H24N2O6S2/c1-16-8-11-20(12-9-16)34(28,29)23-15-19-6-5-7-22(32-4)24(19)33-25(23)26-27-35(30,31)21-13-10-17(2)18(3)14-21/h5-15,27H,1-4H3/b26-25-. The Balaban J connectivity index is 1.93. The van der Waals surface area contributed by atoms with Gasteiger partial charge in [-0.15, -0.1) is 5.10 Å². The minimum Gasteiger partial charge on any atom is -0.493 e. The Labute approximate surface area is 203 Å². The van der Waals surface area contributed by atoms with Gasteiger partial charge in [0.15, 0.2) is 11.3 Å². The maximum absolute atomic E-state index is 13.5. The van der Waals surface area contributed by atoms with Crippen molar-refractivity contribution < 1.29 is 26.0 Å². The summed E-state index contributed by atoms with van der Waals surface area (Å²) in [6, 6.07) is 17.3. The largest absolute Gasteiger partial charge is 0.493 e. The number of sulfonamides is 1. The van der Waals surface area contributed by atoms with Gasteiger partial charge in [-0.3, -0.25) is 0 Å². The normalized spacial score (nSPS) is 12.6. The van der Waals surface area contributed by atoms with Crippen molar-refractivity contribution in [1.29, 1.82) is 0 Å². The number of nitrogens with zero attached hydrogens (tertiary/aromatic N) is 1. The lowest BCUT2D eigenvalue weighted by molar-refractivity contribution is 0.402. The number of ether oxygens (including phenoxy) is 1. The van der Waals surface area contributed by atoms with Crippen LogP contribution in [0.3, 0.4) is 0 Å². The van der Waals surface area contributed by atoms with Crippen molar-refractivity contribution in [2.45, 2.75) is 35.5 Å². The third kappa shape index (κ3) is 4.80. The number of benzene rings is 3. The molecule has 4 rings (SSSR count). The van der Waals surface area contributed by atoms with Crippen LogP contribution < -0.4 is 15.1 Å². The Morgan fingerprint density at radius 3 is 2.17 bits per heavy atom. The summed E-state index contributed by atoms with van der Waals surface area (Å²) in [5.41, 5.74) is 2.42. The van der Waals surface area contributed by atoms with Crippen molar-refractivity contribution in [3.05, 3.63) is 89.0 Å². The lowest BCUT2D eigenvalue weighted by Crippen LogP contribution is -2.25. The molecule has 4 aromatic rings. The average Bonchev–Trinajstić information content (AvgIpc) is 2.83. The van der Waals surface area contributed by atoms with Crippen LogP contribution in [-0.4, -0.2) is 23.9 Å². The van der Waals surface area contributed by atoms with Gasteiger partial charge in [0.1, 0.15) is 4.90 Å². The number of sulfone groups is 1. The highest BCUT2D eigenvalue weighted by Gasteiger charge is 2.24. The predicted molar refractivity (Wildman–Crippen MR) is 131 cm³/mol. The second-order valence-electron chi connectivity index (χ2n) is 8.06. The number of para-hydroxylation sites is 1. The number of fused-ring (bicyclic) bond motifs is 1. The van der Waals surface area contributed by atoms with Crippen molar-refractivity contribution in [1.82, 2.24) is 4.83 Å². The SMILES string of the molecule is COc1cccc2cc(S(=O)(=O)c3ccc(C)cc3)/c(=N/NS(=O)(=O)c3ccc(C)c(C)c3)oc12. The number of hydrogen-bond donors (Lipinski definition) is 1. The zero-order valence-corrected chi connectivity index (χ0v) is 21.2. The highest BCUT2D eigenvalue weighted by Crippen LogP contribution is 2.27. The summed E-state index contributed by atoms with van der Waals surface area (Å²) in [5.74, 6) is 0.343. The number of methoxy groups -OCH3 is 1. The van der Waals surface area contributed by atoms with Gasteiger partial charge in [0.2, 0.25) is 9.84 Å². The maximum Gasteiger partial charge on any atom is 0.276 e. The first-order valence-electron chi connectivity index (χ1n) is 10.6. The molecule has 1 heterocycles. The molecule has 0 saturated carbocycles. The molecule has 35 heavy (non-hydrogen) atoms. The van der Waals surface area contributed by atoms with E-state index in [9.17, 15) is 16.8 Å². The van der Waals surface area contributed by atoms with Gasteiger partial charge in [-0.1, -0.05) is 35.9 Å². The van der Waals surface area contributed by atoms with E-state index in [1.54, 1.807) is 43.3 Å². The Hall–Kier alpha value is -3.63. The molecule has 0 bridgehead atoms. The van der Waals surface area contributed by atoms with E-state index in [1.165, 1.54) is 37.4 Å². The summed E-state index contributed by atoms with van der Waals surface area (Å²) in [4.78, 5) is 1.84. The summed E-state index contributed by atoms with van der Waals surface area (Å²) in [7, 11) is -6.76. The highest BCUT2D eigenvalue weighted by molar-refractivity contribution is 7.91. The van der Waals surface area contributed by atoms with Crippen LogP contribution in [0.25, 0.3) is 11.0 Å². The van der Waals surface area contributed by atoms with Gasteiger partial charge >= 0.3 is 0 Å². The Bertz CT molecular complexity index is 1710. The molecule has 0 amide bonds. The van der Waals surface area contributed by atoms with E-state index in [-0.39, 0.29) is 20.3 Å². The topological polar surface area (TPSA) is 115 Å². The number of hydrogen-bond acceptors (Lipinski definition) is 7. The van der Waals surface area contributed by atoms with Crippen LogP contribution in [0.15, 0.2) is 90.9 Å². The van der Waals surface area contributed by atoms with Crippen molar-refractivity contribution in [2.75, 3.05) is 7.11 Å². The summed E-state index contributed by atoms with van der Waals surface area (Å²) in [6.45, 7) is 5.51. The first-order valence-corrected chi connectivity index (χ1v) is 13.5. The van der Waals surface area contributed by atoms with Crippen LogP contribution >= 0.6 is 0 Å². The van der Waals surface area contributed by atoms with Crippen LogP contribution in [0.1, 0.15) is 16.7 Å². The minimum absolute atomic E-state index is 0.00865. The molecule has 0 aliphatic rings. The second kappa shape index (κ2) is 9.20. The molecule has 182 valence electrons. The van der Waals surface area contributed by atoms with Gasteiger partial charge in [-0.2, -0.15) is 13.2 Å². The monoisotopic (exact) mass is 512 g/mol. The van der Waals surface area contributed by atoms with E-state index >= 15 is 0 Å². The van der Waals surface area contributed by atoms with Crippen LogP contribution in [0, 0.1) is 20.8 Å². The predicted octanol–water partition coefficient (Wildman–Crippen LogP) is 3.99. The molecule has 0 radical (unpaired) electrons. The van der Waals surface area contributed by atoms with E-state index in [1.807, 2.05) is 13.8 Å². The molecule has 1 aromatic heterocycles. The van der Waals surface area contributed by atoms with Crippen LogP contribution in [0.4, 0.5) is 0 Å². The first kappa shape index (κ1) is 24.5. The van der Waals surface area contributed by atoms with E-state index in [0.29, 0.717) is 11.1 Å². The third-order valence-corrected chi connectivity index (χ3v) is 8.57. The highest BCUT2D eigenvalue weighted by atomic mass is 32.2. The molecule has 0 fully saturated rings. The molecule has 0 saturated heterocycles. The van der Waals surface area contributed by atoms with Crippen LogP contribution in [0.5, 0.6) is 5.75 Å². The molecule has 0 aliphatic heterocycles. The Morgan fingerprint density at radius 1 is 0.829 bits per heavy atom. The van der Waals surface area contributed by atoms with Crippen molar-refractivity contribution in [3.63, 3.8) is 0 Å². The maximum atomic E-state index is 13.5. The lowest BCUT2D eigenvalue weighted by atomic mass is 10.1. The third-order valence-electron chi connectivity index (χ3n) is 5.60. The minimum atomic E-state index is -4.11. The molecule has 0 atom stereocenters. The van der Waals surface area contributed by atoms with Gasteiger partial charge < -0.3 is 9.15 Å². The first-order chi connectivity index (χ1) is 16.5. The average molecular weight is 513 g/mol. The fourth-order valence-electron chi connectivity index (χ4n) is 3.42. The van der Waals surface area contributed by atoms with Gasteiger partial charge in [-0.25, -0.2) is 8.42 Å². The molecule has 10 heteroatoms. The fourth-order valence-corrected chi connectivity index (χ4v) is 5.65. The molecule has 1 N–H and O–H groups in total.